The molecule has 0 fully saturated rings. The molecule has 0 saturated heterocycles. The van der Waals surface area contributed by atoms with Gasteiger partial charge in [-0.2, -0.15) is 0 Å². The molecular formula is C10H26N2O2Si. The monoisotopic (exact) mass is 234 g/mol. The van der Waals surface area contributed by atoms with Crippen molar-refractivity contribution in [3.8, 4) is 0 Å². The molecule has 0 spiro atoms. The quantitative estimate of drug-likeness (QED) is 0.438. The molecule has 0 bridgehead atoms. The van der Waals surface area contributed by atoms with Crippen molar-refractivity contribution in [3.05, 3.63) is 0 Å². The zero-order valence-corrected chi connectivity index (χ0v) is 11.3. The summed E-state index contributed by atoms with van der Waals surface area (Å²) in [5.41, 5.74) is 5.40. The fourth-order valence-corrected chi connectivity index (χ4v) is 3.81. The molecule has 0 saturated carbocycles. The van der Waals surface area contributed by atoms with Crippen molar-refractivity contribution in [1.82, 2.24) is 5.32 Å². The number of hydrogen-bond acceptors (Lipinski definition) is 4. The van der Waals surface area contributed by atoms with Crippen molar-refractivity contribution >= 4 is 8.56 Å². The highest BCUT2D eigenvalue weighted by molar-refractivity contribution is 6.67. The van der Waals surface area contributed by atoms with Crippen LogP contribution in [0, 0.1) is 0 Å². The zero-order valence-electron chi connectivity index (χ0n) is 10.3. The summed E-state index contributed by atoms with van der Waals surface area (Å²) in [5, 5.41) is 3.36. The summed E-state index contributed by atoms with van der Waals surface area (Å²) >= 11 is 0. The summed E-state index contributed by atoms with van der Waals surface area (Å²) in [5.74, 6) is 0. The van der Waals surface area contributed by atoms with Crippen LogP contribution in [0.2, 0.25) is 12.1 Å². The predicted molar refractivity (Wildman–Crippen MR) is 66.2 cm³/mol. The minimum atomic E-state index is -1.85. The molecule has 0 unspecified atom stereocenters. The molecule has 0 aromatic rings. The average Bonchev–Trinajstić information content (AvgIpc) is 2.29. The van der Waals surface area contributed by atoms with E-state index in [1.807, 2.05) is 0 Å². The maximum atomic E-state index is 5.53. The van der Waals surface area contributed by atoms with Gasteiger partial charge in [0.1, 0.15) is 0 Å². The fourth-order valence-electron chi connectivity index (χ4n) is 1.59. The molecule has 3 N–H and O–H groups in total. The van der Waals surface area contributed by atoms with Crippen LogP contribution in [0.25, 0.3) is 0 Å². The normalized spacial score (nSPS) is 12.0. The Morgan fingerprint density at radius 2 is 1.73 bits per heavy atom. The van der Waals surface area contributed by atoms with Crippen molar-refractivity contribution in [2.24, 2.45) is 5.73 Å². The van der Waals surface area contributed by atoms with E-state index in [-0.39, 0.29) is 0 Å². The average molecular weight is 234 g/mol. The van der Waals surface area contributed by atoms with E-state index in [0.717, 1.165) is 44.6 Å². The zero-order chi connectivity index (χ0) is 11.6. The molecule has 0 amide bonds. The van der Waals surface area contributed by atoms with Crippen molar-refractivity contribution in [3.63, 3.8) is 0 Å². The van der Waals surface area contributed by atoms with E-state index in [4.69, 9.17) is 14.6 Å². The second-order valence-electron chi connectivity index (χ2n) is 3.67. The molecule has 0 heterocycles. The van der Waals surface area contributed by atoms with E-state index < -0.39 is 8.56 Å². The minimum absolute atomic E-state index is 0.761. The van der Waals surface area contributed by atoms with Gasteiger partial charge in [0, 0.05) is 14.2 Å². The van der Waals surface area contributed by atoms with Gasteiger partial charge in [-0.1, -0.05) is 6.92 Å². The molecule has 4 nitrogen and oxygen atoms in total. The first-order valence-corrected chi connectivity index (χ1v) is 7.99. The fraction of sp³-hybridized carbons (Fsp3) is 1.00. The molecule has 0 atom stereocenters. The lowest BCUT2D eigenvalue weighted by Crippen LogP contribution is -2.39. The second-order valence-corrected chi connectivity index (χ2v) is 7.51. The number of nitrogens with two attached hydrogens (primary N) is 1. The van der Waals surface area contributed by atoms with Crippen LogP contribution in [0.4, 0.5) is 0 Å². The number of rotatable bonds is 10. The van der Waals surface area contributed by atoms with Gasteiger partial charge in [0.15, 0.2) is 0 Å². The van der Waals surface area contributed by atoms with Gasteiger partial charge in [0.05, 0.1) is 0 Å². The third kappa shape index (κ3) is 6.27. The molecule has 5 heteroatoms. The Bertz CT molecular complexity index is 135. The highest BCUT2D eigenvalue weighted by atomic mass is 28.4. The van der Waals surface area contributed by atoms with Gasteiger partial charge in [-0.15, -0.1) is 0 Å². The Hall–Kier alpha value is 0.0569. The van der Waals surface area contributed by atoms with E-state index in [0.29, 0.717) is 0 Å². The van der Waals surface area contributed by atoms with Crippen LogP contribution in [0.5, 0.6) is 0 Å². The third-order valence-corrected chi connectivity index (χ3v) is 6.43. The summed E-state index contributed by atoms with van der Waals surface area (Å²) in [4.78, 5) is 0. The first-order valence-electron chi connectivity index (χ1n) is 5.75. The Kier molecular flexibility index (Phi) is 9.33. The summed E-state index contributed by atoms with van der Waals surface area (Å²) in [6.45, 7) is 4.94. The molecule has 0 radical (unpaired) electrons. The van der Waals surface area contributed by atoms with E-state index in [1.54, 1.807) is 14.2 Å². The van der Waals surface area contributed by atoms with Crippen molar-refractivity contribution in [2.75, 3.05) is 33.9 Å². The van der Waals surface area contributed by atoms with Gasteiger partial charge >= 0.3 is 8.56 Å². The van der Waals surface area contributed by atoms with Crippen LogP contribution >= 0.6 is 0 Å². The Labute approximate surface area is 94.8 Å². The van der Waals surface area contributed by atoms with Crippen LogP contribution in [0.15, 0.2) is 0 Å². The maximum absolute atomic E-state index is 5.53. The molecule has 0 aliphatic heterocycles. The number of nitrogens with one attached hydrogen (secondary N) is 1. The highest BCUT2D eigenvalue weighted by Crippen LogP contribution is 2.18. The Morgan fingerprint density at radius 3 is 2.20 bits per heavy atom. The largest absolute Gasteiger partial charge is 0.398 e. The molecule has 15 heavy (non-hydrogen) atoms. The molecule has 92 valence electrons. The van der Waals surface area contributed by atoms with Crippen LogP contribution in [-0.2, 0) is 8.85 Å². The number of hydrogen-bond donors (Lipinski definition) is 2. The smallest absolute Gasteiger partial charge is 0.337 e. The maximum Gasteiger partial charge on any atom is 0.337 e. The molecule has 0 aromatic carbocycles. The van der Waals surface area contributed by atoms with Gasteiger partial charge in [0.2, 0.25) is 0 Å². The Balaban J connectivity index is 3.54. The van der Waals surface area contributed by atoms with E-state index in [1.165, 1.54) is 0 Å². The van der Waals surface area contributed by atoms with Crippen molar-refractivity contribution < 1.29 is 8.85 Å². The molecule has 0 rings (SSSR count). The highest BCUT2D eigenvalue weighted by Gasteiger charge is 2.32. The lowest BCUT2D eigenvalue weighted by atomic mass is 10.4. The first kappa shape index (κ1) is 15.1. The van der Waals surface area contributed by atoms with Gasteiger partial charge in [-0.05, 0) is 44.6 Å². The molecule has 0 aliphatic rings. The molecule has 0 aromatic heterocycles. The summed E-state index contributed by atoms with van der Waals surface area (Å²) < 4.78 is 11.1. The summed E-state index contributed by atoms with van der Waals surface area (Å²) in [6, 6.07) is 2.08. The SMILES string of the molecule is CC[Si](CCCNCCCN)(OC)OC. The van der Waals surface area contributed by atoms with Gasteiger partial charge < -0.3 is 19.9 Å². The molecular weight excluding hydrogens is 208 g/mol. The van der Waals surface area contributed by atoms with Crippen molar-refractivity contribution in [1.29, 1.82) is 0 Å². The predicted octanol–water partition coefficient (Wildman–Crippen LogP) is 1.07. The van der Waals surface area contributed by atoms with Crippen LogP contribution < -0.4 is 11.1 Å². The van der Waals surface area contributed by atoms with Crippen molar-refractivity contribution in [2.45, 2.75) is 31.9 Å². The van der Waals surface area contributed by atoms with Crippen LogP contribution in [-0.4, -0.2) is 42.4 Å². The topological polar surface area (TPSA) is 56.5 Å². The lowest BCUT2D eigenvalue weighted by molar-refractivity contribution is 0.241. The van der Waals surface area contributed by atoms with Gasteiger partial charge in [-0.3, -0.25) is 0 Å². The van der Waals surface area contributed by atoms with Gasteiger partial charge in [0.25, 0.3) is 0 Å². The van der Waals surface area contributed by atoms with E-state index in [9.17, 15) is 0 Å². The Morgan fingerprint density at radius 1 is 1.13 bits per heavy atom. The third-order valence-electron chi connectivity index (χ3n) is 2.75. The van der Waals surface area contributed by atoms with E-state index >= 15 is 0 Å². The first-order chi connectivity index (χ1) is 7.24. The van der Waals surface area contributed by atoms with Crippen LogP contribution in [0.1, 0.15) is 19.8 Å². The lowest BCUT2D eigenvalue weighted by Gasteiger charge is -2.25. The standard InChI is InChI=1S/C10H26N2O2Si/c1-4-15(13-2,14-3)10-6-9-12-8-5-7-11/h12H,4-11H2,1-3H3. The van der Waals surface area contributed by atoms with Gasteiger partial charge in [-0.25, -0.2) is 0 Å². The van der Waals surface area contributed by atoms with Crippen LogP contribution in [0.3, 0.4) is 0 Å². The minimum Gasteiger partial charge on any atom is -0.398 e. The molecule has 0 aliphatic carbocycles. The summed E-state index contributed by atoms with van der Waals surface area (Å²) in [6.07, 6.45) is 2.16. The summed E-state index contributed by atoms with van der Waals surface area (Å²) in [7, 11) is 1.68. The second kappa shape index (κ2) is 9.29. The van der Waals surface area contributed by atoms with E-state index in [2.05, 4.69) is 12.2 Å².